The molecule has 1 N–H and O–H groups in total. The van der Waals surface area contributed by atoms with Gasteiger partial charge in [-0.15, -0.1) is 0 Å². The quantitative estimate of drug-likeness (QED) is 0.353. The van der Waals surface area contributed by atoms with E-state index in [2.05, 4.69) is 15.3 Å². The van der Waals surface area contributed by atoms with Crippen LogP contribution in [0.2, 0.25) is 0 Å². The molecule has 0 atom stereocenters. The zero-order valence-corrected chi connectivity index (χ0v) is 19.7. The Morgan fingerprint density at radius 2 is 1.66 bits per heavy atom. The lowest BCUT2D eigenvalue weighted by atomic mass is 10.1. The zero-order chi connectivity index (χ0) is 24.5. The predicted octanol–water partition coefficient (Wildman–Crippen LogP) is 4.96. The first-order valence-electron chi connectivity index (χ1n) is 11.2. The summed E-state index contributed by atoms with van der Waals surface area (Å²) >= 11 is 0. The van der Waals surface area contributed by atoms with Gasteiger partial charge in [0.25, 0.3) is 0 Å². The van der Waals surface area contributed by atoms with Crippen LogP contribution in [0.5, 0.6) is 17.4 Å². The molecule has 0 saturated heterocycles. The van der Waals surface area contributed by atoms with E-state index in [1.54, 1.807) is 26.6 Å². The topological polar surface area (TPSA) is 82.6 Å². The minimum Gasteiger partial charge on any atom is -0.493 e. The molecule has 4 aromatic rings. The Labute approximate surface area is 204 Å². The minimum atomic E-state index is -0.0893. The number of pyridine rings is 2. The standard InChI is InChI=1S/C28H27N3O4/c1-33-25-10-9-20(17-26(25)34-2)13-16-35-28-8-4-7-24(31-28)22-5-3-6-23(19-22)30-27(32)18-21-11-14-29-15-12-21/h3-12,14-15,17,19H,13,16,18H2,1-2H3,(H,30,32). The van der Waals surface area contributed by atoms with Crippen molar-refractivity contribution in [3.05, 3.63) is 96.3 Å². The maximum Gasteiger partial charge on any atom is 0.228 e. The summed E-state index contributed by atoms with van der Waals surface area (Å²) in [6.45, 7) is 0.469. The molecule has 0 aliphatic carbocycles. The second-order valence-electron chi connectivity index (χ2n) is 7.81. The Balaban J connectivity index is 1.37. The number of rotatable bonds is 10. The van der Waals surface area contributed by atoms with Gasteiger partial charge in [0.1, 0.15) is 0 Å². The molecule has 2 aromatic carbocycles. The number of carbonyl (C=O) groups excluding carboxylic acids is 1. The van der Waals surface area contributed by atoms with Gasteiger partial charge >= 0.3 is 0 Å². The summed E-state index contributed by atoms with van der Waals surface area (Å²) in [4.78, 5) is 21.0. The Morgan fingerprint density at radius 3 is 2.46 bits per heavy atom. The van der Waals surface area contributed by atoms with Crippen molar-refractivity contribution in [2.24, 2.45) is 0 Å². The van der Waals surface area contributed by atoms with Gasteiger partial charge in [0.15, 0.2) is 11.5 Å². The van der Waals surface area contributed by atoms with Crippen molar-refractivity contribution in [2.75, 3.05) is 26.1 Å². The van der Waals surface area contributed by atoms with E-state index >= 15 is 0 Å². The van der Waals surface area contributed by atoms with E-state index in [1.807, 2.05) is 72.8 Å². The smallest absolute Gasteiger partial charge is 0.228 e. The van der Waals surface area contributed by atoms with Gasteiger partial charge in [0.2, 0.25) is 11.8 Å². The van der Waals surface area contributed by atoms with Gasteiger partial charge in [-0.2, -0.15) is 0 Å². The van der Waals surface area contributed by atoms with Crippen LogP contribution in [-0.4, -0.2) is 36.7 Å². The monoisotopic (exact) mass is 469 g/mol. The van der Waals surface area contributed by atoms with E-state index in [4.69, 9.17) is 14.2 Å². The first kappa shape index (κ1) is 23.8. The van der Waals surface area contributed by atoms with Gasteiger partial charge in [-0.05, 0) is 53.6 Å². The lowest BCUT2D eigenvalue weighted by Gasteiger charge is -2.11. The molecule has 0 aliphatic rings. The lowest BCUT2D eigenvalue weighted by molar-refractivity contribution is -0.115. The average molecular weight is 470 g/mol. The number of nitrogens with zero attached hydrogens (tertiary/aromatic N) is 2. The number of methoxy groups -OCH3 is 2. The molecule has 0 radical (unpaired) electrons. The number of ether oxygens (including phenoxy) is 3. The Hall–Kier alpha value is -4.39. The SMILES string of the molecule is COc1ccc(CCOc2cccc(-c3cccc(NC(=O)Cc4ccncc4)c3)n2)cc1OC. The summed E-state index contributed by atoms with van der Waals surface area (Å²) < 4.78 is 16.6. The maximum absolute atomic E-state index is 12.4. The summed E-state index contributed by atoms with van der Waals surface area (Å²) in [6, 6.07) is 22.7. The van der Waals surface area contributed by atoms with Crippen LogP contribution < -0.4 is 19.5 Å². The van der Waals surface area contributed by atoms with Crippen LogP contribution in [0.1, 0.15) is 11.1 Å². The first-order chi connectivity index (χ1) is 17.1. The highest BCUT2D eigenvalue weighted by Crippen LogP contribution is 2.28. The van der Waals surface area contributed by atoms with Crippen molar-refractivity contribution in [3.63, 3.8) is 0 Å². The number of amides is 1. The van der Waals surface area contributed by atoms with Crippen LogP contribution in [0.25, 0.3) is 11.3 Å². The largest absolute Gasteiger partial charge is 0.493 e. The number of hydrogen-bond donors (Lipinski definition) is 1. The fourth-order valence-electron chi connectivity index (χ4n) is 3.61. The third-order valence-corrected chi connectivity index (χ3v) is 5.37. The Bertz CT molecular complexity index is 1280. The van der Waals surface area contributed by atoms with Crippen LogP contribution in [0.3, 0.4) is 0 Å². The van der Waals surface area contributed by atoms with Gasteiger partial charge in [-0.1, -0.05) is 24.3 Å². The number of anilines is 1. The van der Waals surface area contributed by atoms with Crippen LogP contribution in [0.4, 0.5) is 5.69 Å². The van der Waals surface area contributed by atoms with Gasteiger partial charge < -0.3 is 19.5 Å². The third kappa shape index (κ3) is 6.57. The molecular formula is C28H27N3O4. The van der Waals surface area contributed by atoms with Crippen molar-refractivity contribution in [1.29, 1.82) is 0 Å². The molecule has 178 valence electrons. The van der Waals surface area contributed by atoms with E-state index in [-0.39, 0.29) is 12.3 Å². The molecule has 2 heterocycles. The van der Waals surface area contributed by atoms with Crippen LogP contribution in [0.15, 0.2) is 85.2 Å². The number of aromatic nitrogens is 2. The molecule has 0 bridgehead atoms. The maximum atomic E-state index is 12.4. The molecule has 0 saturated carbocycles. The molecule has 0 unspecified atom stereocenters. The second-order valence-corrected chi connectivity index (χ2v) is 7.81. The average Bonchev–Trinajstić information content (AvgIpc) is 2.89. The highest BCUT2D eigenvalue weighted by Gasteiger charge is 2.08. The molecule has 1 amide bonds. The number of hydrogen-bond acceptors (Lipinski definition) is 6. The van der Waals surface area contributed by atoms with Crippen LogP contribution >= 0.6 is 0 Å². The molecule has 2 aromatic heterocycles. The molecule has 7 nitrogen and oxygen atoms in total. The highest BCUT2D eigenvalue weighted by atomic mass is 16.5. The van der Waals surface area contributed by atoms with Crippen molar-refractivity contribution >= 4 is 11.6 Å². The van der Waals surface area contributed by atoms with Crippen LogP contribution in [0, 0.1) is 0 Å². The van der Waals surface area contributed by atoms with E-state index < -0.39 is 0 Å². The summed E-state index contributed by atoms with van der Waals surface area (Å²) in [5.41, 5.74) is 4.35. The first-order valence-corrected chi connectivity index (χ1v) is 11.2. The highest BCUT2D eigenvalue weighted by molar-refractivity contribution is 5.92. The Morgan fingerprint density at radius 1 is 0.857 bits per heavy atom. The fourth-order valence-corrected chi connectivity index (χ4v) is 3.61. The zero-order valence-electron chi connectivity index (χ0n) is 19.7. The summed E-state index contributed by atoms with van der Waals surface area (Å²) in [5.74, 6) is 1.84. The van der Waals surface area contributed by atoms with E-state index in [1.165, 1.54) is 0 Å². The van der Waals surface area contributed by atoms with E-state index in [0.29, 0.717) is 36.1 Å². The van der Waals surface area contributed by atoms with Gasteiger partial charge in [0.05, 0.1) is 32.9 Å². The number of nitrogens with one attached hydrogen (secondary N) is 1. The molecule has 0 aliphatic heterocycles. The number of carbonyl (C=O) groups is 1. The van der Waals surface area contributed by atoms with Gasteiger partial charge in [-0.25, -0.2) is 4.98 Å². The molecule has 35 heavy (non-hydrogen) atoms. The van der Waals surface area contributed by atoms with Gasteiger partial charge in [0, 0.05) is 36.1 Å². The Kier molecular flexibility index (Phi) is 7.91. The molecular weight excluding hydrogens is 442 g/mol. The minimum absolute atomic E-state index is 0.0893. The summed E-state index contributed by atoms with van der Waals surface area (Å²) in [5, 5.41) is 2.95. The normalized spacial score (nSPS) is 10.5. The van der Waals surface area contributed by atoms with Crippen molar-refractivity contribution in [2.45, 2.75) is 12.8 Å². The fraction of sp³-hybridized carbons (Fsp3) is 0.179. The van der Waals surface area contributed by atoms with Gasteiger partial charge in [-0.3, -0.25) is 9.78 Å². The number of benzene rings is 2. The van der Waals surface area contributed by atoms with E-state index in [9.17, 15) is 4.79 Å². The summed E-state index contributed by atoms with van der Waals surface area (Å²) in [6.07, 6.45) is 4.34. The molecule has 0 spiro atoms. The van der Waals surface area contributed by atoms with Crippen molar-refractivity contribution in [3.8, 4) is 28.6 Å². The van der Waals surface area contributed by atoms with Crippen molar-refractivity contribution < 1.29 is 19.0 Å². The predicted molar refractivity (Wildman–Crippen MR) is 135 cm³/mol. The molecule has 0 fully saturated rings. The second kappa shape index (κ2) is 11.7. The van der Waals surface area contributed by atoms with Crippen LogP contribution in [-0.2, 0) is 17.6 Å². The molecule has 7 heteroatoms. The summed E-state index contributed by atoms with van der Waals surface area (Å²) in [7, 11) is 3.24. The third-order valence-electron chi connectivity index (χ3n) is 5.37. The van der Waals surface area contributed by atoms with Crippen molar-refractivity contribution in [1.82, 2.24) is 9.97 Å². The molecule has 4 rings (SSSR count). The lowest BCUT2D eigenvalue weighted by Crippen LogP contribution is -2.14. The van der Waals surface area contributed by atoms with E-state index in [0.717, 1.165) is 22.4 Å².